The van der Waals surface area contributed by atoms with E-state index < -0.39 is 36.4 Å². The zero-order valence-electron chi connectivity index (χ0n) is 39.2. The Bertz CT molecular complexity index is 2340. The summed E-state index contributed by atoms with van der Waals surface area (Å²) in [4.78, 5) is 85.0. The molecule has 69 heavy (non-hydrogen) atoms. The van der Waals surface area contributed by atoms with E-state index in [1.807, 2.05) is 140 Å². The van der Waals surface area contributed by atoms with Crippen molar-refractivity contribution in [2.75, 3.05) is 42.8 Å². The molecule has 0 radical (unpaired) electrons. The Hall–Kier alpha value is -7.68. The number of hydrogen-bond donors (Lipinski definition) is 4. The number of carbonyl (C=O) groups is 6. The summed E-state index contributed by atoms with van der Waals surface area (Å²) >= 11 is 0. The third kappa shape index (κ3) is 13.7. The minimum Gasteiger partial charge on any atom is -0.453 e. The number of benzene rings is 5. The van der Waals surface area contributed by atoms with Crippen LogP contribution in [0.1, 0.15) is 60.8 Å². The molecule has 4 N–H and O–H groups in total. The zero-order chi connectivity index (χ0) is 48.5. The number of nitrogens with zero attached hydrogens (tertiary/aromatic N) is 3. The second-order valence-corrected chi connectivity index (χ2v) is 17.4. The number of amides is 6. The van der Waals surface area contributed by atoms with Crippen LogP contribution in [0.2, 0.25) is 0 Å². The van der Waals surface area contributed by atoms with Crippen LogP contribution in [-0.4, -0.2) is 97.1 Å². The molecule has 2 saturated heterocycles. The van der Waals surface area contributed by atoms with Gasteiger partial charge in [-0.1, -0.05) is 103 Å². The number of rotatable bonds is 19. The fourth-order valence-electron chi connectivity index (χ4n) is 8.99. The number of para-hydroxylation sites is 1. The van der Waals surface area contributed by atoms with E-state index in [2.05, 4.69) is 26.2 Å². The van der Waals surface area contributed by atoms with Crippen LogP contribution < -0.4 is 26.2 Å². The van der Waals surface area contributed by atoms with E-state index >= 15 is 0 Å². The Labute approximate surface area is 403 Å². The lowest BCUT2D eigenvalue weighted by Crippen LogP contribution is -2.52. The Morgan fingerprint density at radius 1 is 0.522 bits per heavy atom. The van der Waals surface area contributed by atoms with Crippen LogP contribution in [0.5, 0.6) is 0 Å². The van der Waals surface area contributed by atoms with Crippen LogP contribution >= 0.6 is 0 Å². The molecule has 0 bridgehead atoms. The van der Waals surface area contributed by atoms with Crippen molar-refractivity contribution in [2.24, 2.45) is 0 Å². The van der Waals surface area contributed by atoms with Gasteiger partial charge in [-0.3, -0.25) is 19.2 Å². The first kappa shape index (κ1) is 49.2. The van der Waals surface area contributed by atoms with Crippen LogP contribution in [-0.2, 0) is 54.6 Å². The van der Waals surface area contributed by atoms with Gasteiger partial charge in [0.1, 0.15) is 24.2 Å². The molecule has 0 aromatic heterocycles. The number of nitrogens with one attached hydrogen (secondary N) is 4. The summed E-state index contributed by atoms with van der Waals surface area (Å²) in [5.74, 6) is -1.21. The van der Waals surface area contributed by atoms with Crippen molar-refractivity contribution >= 4 is 52.9 Å². The number of ether oxygens (including phenoxy) is 2. The minimum absolute atomic E-state index is 0.288. The molecule has 2 aliphatic heterocycles. The third-order valence-electron chi connectivity index (χ3n) is 12.7. The smallest absolute Gasteiger partial charge is 0.407 e. The normalized spacial score (nSPS) is 16.1. The molecule has 360 valence electrons. The summed E-state index contributed by atoms with van der Waals surface area (Å²) in [6.45, 7) is 1.93. The highest BCUT2D eigenvalue weighted by molar-refractivity contribution is 5.99. The van der Waals surface area contributed by atoms with Gasteiger partial charge in [-0.25, -0.2) is 9.59 Å². The molecule has 0 aliphatic carbocycles. The van der Waals surface area contributed by atoms with Crippen LogP contribution in [0.3, 0.4) is 0 Å². The van der Waals surface area contributed by atoms with Gasteiger partial charge in [0.15, 0.2) is 0 Å². The number of aryl methyl sites for hydroxylation is 2. The number of likely N-dealkylation sites (tertiary alicyclic amines) is 2. The quantitative estimate of drug-likeness (QED) is 0.0654. The minimum atomic E-state index is -0.849. The SMILES string of the molecule is COC(=O)NC(CCc1ccccc1)C(=O)N1CCC[C@H]1C(=O)Nc1ccc(CN(Cc2ccc(NC(=O)[C@@H]3CCCN3C(=O)[C@H](CCc3ccccc3)NC(=O)OC)cc2)c2ccccc2)cc1. The zero-order valence-corrected chi connectivity index (χ0v) is 39.2. The molecule has 1 unspecified atom stereocenters. The fraction of sp³-hybridized carbons (Fsp3) is 0.333. The fourth-order valence-corrected chi connectivity index (χ4v) is 8.99. The highest BCUT2D eigenvalue weighted by Crippen LogP contribution is 2.26. The summed E-state index contributed by atoms with van der Waals surface area (Å²) in [5.41, 5.74) is 6.30. The highest BCUT2D eigenvalue weighted by atomic mass is 16.5. The Kier molecular flexibility index (Phi) is 17.4. The van der Waals surface area contributed by atoms with Gasteiger partial charge in [0.05, 0.1) is 14.2 Å². The first-order valence-electron chi connectivity index (χ1n) is 23.6. The second-order valence-electron chi connectivity index (χ2n) is 17.4. The topological polar surface area (TPSA) is 179 Å². The lowest BCUT2D eigenvalue weighted by Gasteiger charge is -2.28. The van der Waals surface area contributed by atoms with Crippen molar-refractivity contribution in [1.82, 2.24) is 20.4 Å². The standard InChI is InChI=1S/C54H61N7O8/c1-68-53(66)57-45(32-26-38-14-6-3-7-15-38)51(64)60-34-12-20-47(60)49(62)55-42-28-22-40(23-29-42)36-59(44-18-10-5-11-19-44)37-41-24-30-43(31-25-41)56-50(63)48-21-13-35-61(48)52(65)46(58-54(67)69-2)33-27-39-16-8-4-9-17-39/h3-11,14-19,22-25,28-31,45-48H,12-13,20-21,26-27,32-37H2,1-2H3,(H,55,62)(H,56,63)(H,57,66)(H,58,67)/t45-,46?,47-,48-/m0/s1. The lowest BCUT2D eigenvalue weighted by molar-refractivity contribution is -0.138. The van der Waals surface area contributed by atoms with Gasteiger partial charge < -0.3 is 45.4 Å². The molecule has 4 atom stereocenters. The molecule has 2 aliphatic rings. The van der Waals surface area contributed by atoms with E-state index in [4.69, 9.17) is 9.47 Å². The highest BCUT2D eigenvalue weighted by Gasteiger charge is 2.39. The maximum absolute atomic E-state index is 13.9. The van der Waals surface area contributed by atoms with Crippen LogP contribution in [0.4, 0.5) is 26.7 Å². The van der Waals surface area contributed by atoms with Gasteiger partial charge in [0, 0.05) is 43.2 Å². The summed E-state index contributed by atoms with van der Waals surface area (Å²) in [6.07, 6.45) is 2.78. The lowest BCUT2D eigenvalue weighted by atomic mass is 10.0. The Balaban J connectivity index is 0.949. The number of methoxy groups -OCH3 is 2. The second kappa shape index (κ2) is 24.4. The first-order chi connectivity index (χ1) is 33.6. The Morgan fingerprint density at radius 2 is 0.899 bits per heavy atom. The van der Waals surface area contributed by atoms with E-state index in [1.54, 1.807) is 9.80 Å². The number of anilines is 3. The average molecular weight is 936 g/mol. The predicted octanol–water partition coefficient (Wildman–Crippen LogP) is 7.47. The maximum Gasteiger partial charge on any atom is 0.407 e. The number of carbonyl (C=O) groups excluding carboxylic acids is 6. The van der Waals surface area contributed by atoms with Crippen molar-refractivity contribution in [3.8, 4) is 0 Å². The molecule has 5 aromatic carbocycles. The van der Waals surface area contributed by atoms with Crippen LogP contribution in [0.15, 0.2) is 140 Å². The van der Waals surface area contributed by atoms with Crippen molar-refractivity contribution in [3.05, 3.63) is 162 Å². The van der Waals surface area contributed by atoms with Gasteiger partial charge in [-0.2, -0.15) is 0 Å². The molecule has 2 fully saturated rings. The molecule has 2 heterocycles. The van der Waals surface area contributed by atoms with Crippen LogP contribution in [0.25, 0.3) is 0 Å². The Morgan fingerprint density at radius 3 is 1.28 bits per heavy atom. The maximum atomic E-state index is 13.9. The molecule has 15 nitrogen and oxygen atoms in total. The first-order valence-corrected chi connectivity index (χ1v) is 23.6. The van der Waals surface area contributed by atoms with E-state index in [0.29, 0.717) is 88.9 Å². The molecular formula is C54H61N7O8. The van der Waals surface area contributed by atoms with Crippen molar-refractivity contribution in [2.45, 2.75) is 88.6 Å². The molecule has 7 rings (SSSR count). The van der Waals surface area contributed by atoms with Crippen molar-refractivity contribution in [1.29, 1.82) is 0 Å². The molecular weight excluding hydrogens is 875 g/mol. The average Bonchev–Trinajstić information content (AvgIpc) is 4.10. The number of alkyl carbamates (subject to hydrolysis) is 2. The third-order valence-corrected chi connectivity index (χ3v) is 12.7. The molecule has 5 aromatic rings. The molecule has 6 amide bonds. The van der Waals surface area contributed by atoms with Crippen LogP contribution in [0, 0.1) is 0 Å². The van der Waals surface area contributed by atoms with Gasteiger partial charge in [-0.05, 0) is 110 Å². The van der Waals surface area contributed by atoms with Crippen molar-refractivity contribution < 1.29 is 38.2 Å². The van der Waals surface area contributed by atoms with E-state index in [9.17, 15) is 28.8 Å². The summed E-state index contributed by atoms with van der Waals surface area (Å²) in [5, 5.41) is 11.4. The van der Waals surface area contributed by atoms with Gasteiger partial charge in [0.2, 0.25) is 23.6 Å². The predicted molar refractivity (Wildman–Crippen MR) is 264 cm³/mol. The summed E-state index contributed by atoms with van der Waals surface area (Å²) in [7, 11) is 2.51. The van der Waals surface area contributed by atoms with Gasteiger partial charge >= 0.3 is 12.2 Å². The van der Waals surface area contributed by atoms with E-state index in [1.165, 1.54) is 14.2 Å². The van der Waals surface area contributed by atoms with E-state index in [0.717, 1.165) is 27.9 Å². The van der Waals surface area contributed by atoms with Gasteiger partial charge in [-0.15, -0.1) is 0 Å². The molecule has 0 spiro atoms. The largest absolute Gasteiger partial charge is 0.453 e. The summed E-state index contributed by atoms with van der Waals surface area (Å²) in [6, 6.07) is 41.7. The molecule has 15 heteroatoms. The van der Waals surface area contributed by atoms with Gasteiger partial charge in [0.25, 0.3) is 0 Å². The monoisotopic (exact) mass is 935 g/mol. The van der Waals surface area contributed by atoms with Crippen molar-refractivity contribution in [3.63, 3.8) is 0 Å². The molecule has 0 saturated carbocycles. The number of hydrogen-bond acceptors (Lipinski definition) is 9. The van der Waals surface area contributed by atoms with E-state index in [-0.39, 0.29) is 23.6 Å². The summed E-state index contributed by atoms with van der Waals surface area (Å²) < 4.78 is 9.64.